The number of rotatable bonds is 5. The van der Waals surface area contributed by atoms with E-state index in [2.05, 4.69) is 10.4 Å². The summed E-state index contributed by atoms with van der Waals surface area (Å²) >= 11 is 1.98. The van der Waals surface area contributed by atoms with Crippen molar-refractivity contribution in [3.63, 3.8) is 0 Å². The highest BCUT2D eigenvalue weighted by Gasteiger charge is 2.15. The lowest BCUT2D eigenvalue weighted by Crippen LogP contribution is -2.28. The molecule has 0 saturated carbocycles. The quantitative estimate of drug-likeness (QED) is 0.482. The lowest BCUT2D eigenvalue weighted by molar-refractivity contribution is -0.384. The zero-order valence-electron chi connectivity index (χ0n) is 10.3. The minimum Gasteiger partial charge on any atom is -0.350 e. The molecule has 0 bridgehead atoms. The molecule has 0 unspecified atom stereocenters. The predicted octanol–water partition coefficient (Wildman–Crippen LogP) is 1.83. The maximum absolute atomic E-state index is 12.0. The van der Waals surface area contributed by atoms with E-state index >= 15 is 0 Å². The van der Waals surface area contributed by atoms with Gasteiger partial charge in [-0.2, -0.15) is 5.10 Å². The Morgan fingerprint density at radius 3 is 2.95 bits per heavy atom. The summed E-state index contributed by atoms with van der Waals surface area (Å²) in [7, 11) is 0. The Morgan fingerprint density at radius 1 is 1.50 bits per heavy atom. The van der Waals surface area contributed by atoms with Crippen molar-refractivity contribution in [2.75, 3.05) is 6.54 Å². The van der Waals surface area contributed by atoms with Crippen molar-refractivity contribution in [3.8, 4) is 0 Å². The van der Waals surface area contributed by atoms with Crippen LogP contribution in [0.2, 0.25) is 0 Å². The fourth-order valence-corrected chi connectivity index (χ4v) is 2.19. The van der Waals surface area contributed by atoms with Gasteiger partial charge in [-0.25, -0.2) is 0 Å². The number of benzene rings is 1. The summed E-state index contributed by atoms with van der Waals surface area (Å²) in [6.07, 6.45) is 3.45. The van der Waals surface area contributed by atoms with Crippen LogP contribution < -0.4 is 5.32 Å². The number of carbonyl (C=O) groups is 1. The van der Waals surface area contributed by atoms with Crippen LogP contribution in [-0.2, 0) is 6.54 Å². The Kier molecular flexibility index (Phi) is 4.66. The topological polar surface area (TPSA) is 90.1 Å². The second kappa shape index (κ2) is 6.46. The molecule has 0 saturated heterocycles. The number of hydrogen-bond donors (Lipinski definition) is 1. The highest BCUT2D eigenvalue weighted by atomic mass is 127. The SMILES string of the molecule is O=C(NCCn1cccn1)c1cc([N+](=O)[O-])ccc1I. The van der Waals surface area contributed by atoms with Crippen LogP contribution in [-0.4, -0.2) is 27.2 Å². The Balaban J connectivity index is 2.01. The number of carbonyl (C=O) groups excluding carboxylic acids is 1. The Morgan fingerprint density at radius 2 is 2.30 bits per heavy atom. The molecule has 0 aliphatic heterocycles. The summed E-state index contributed by atoms with van der Waals surface area (Å²) in [4.78, 5) is 22.2. The second-order valence-electron chi connectivity index (χ2n) is 3.95. The lowest BCUT2D eigenvalue weighted by Gasteiger charge is -2.07. The number of aromatic nitrogens is 2. The first-order chi connectivity index (χ1) is 9.58. The number of halogens is 1. The van der Waals surface area contributed by atoms with Crippen molar-refractivity contribution >= 4 is 34.2 Å². The molecule has 0 atom stereocenters. The molecule has 8 heteroatoms. The standard InChI is InChI=1S/C12H11IN4O3/c13-11-3-2-9(17(19)20)8-10(11)12(18)14-5-7-16-6-1-4-15-16/h1-4,6,8H,5,7H2,(H,14,18). The molecule has 0 radical (unpaired) electrons. The van der Waals surface area contributed by atoms with Gasteiger partial charge in [-0.15, -0.1) is 0 Å². The normalized spacial score (nSPS) is 10.2. The number of nitrogens with zero attached hydrogens (tertiary/aromatic N) is 3. The first-order valence-electron chi connectivity index (χ1n) is 5.77. The Bertz CT molecular complexity index is 628. The van der Waals surface area contributed by atoms with Crippen LogP contribution in [0.4, 0.5) is 5.69 Å². The third-order valence-corrected chi connectivity index (χ3v) is 3.53. The second-order valence-corrected chi connectivity index (χ2v) is 5.11. The van der Waals surface area contributed by atoms with E-state index in [1.807, 2.05) is 22.6 Å². The van der Waals surface area contributed by atoms with Gasteiger partial charge < -0.3 is 5.32 Å². The molecule has 2 rings (SSSR count). The lowest BCUT2D eigenvalue weighted by atomic mass is 10.2. The molecule has 7 nitrogen and oxygen atoms in total. The van der Waals surface area contributed by atoms with Gasteiger partial charge in [-0.05, 0) is 34.7 Å². The first kappa shape index (κ1) is 14.4. The summed E-state index contributed by atoms with van der Waals surface area (Å²) in [5.74, 6) is -0.328. The molecule has 1 N–H and O–H groups in total. The van der Waals surface area contributed by atoms with E-state index in [1.165, 1.54) is 12.1 Å². The molecule has 1 amide bonds. The monoisotopic (exact) mass is 386 g/mol. The number of non-ortho nitro benzene ring substituents is 1. The van der Waals surface area contributed by atoms with Gasteiger partial charge in [0.05, 0.1) is 17.0 Å². The number of nitro groups is 1. The van der Waals surface area contributed by atoms with E-state index in [1.54, 1.807) is 29.2 Å². The predicted molar refractivity (Wildman–Crippen MR) is 80.4 cm³/mol. The number of hydrogen-bond acceptors (Lipinski definition) is 4. The van der Waals surface area contributed by atoms with E-state index in [0.29, 0.717) is 22.2 Å². The number of nitrogens with one attached hydrogen (secondary N) is 1. The van der Waals surface area contributed by atoms with Crippen LogP contribution in [0.3, 0.4) is 0 Å². The van der Waals surface area contributed by atoms with Crippen LogP contribution in [0.15, 0.2) is 36.7 Å². The van der Waals surface area contributed by atoms with Gasteiger partial charge in [0.2, 0.25) is 0 Å². The van der Waals surface area contributed by atoms with Crippen molar-refractivity contribution in [2.45, 2.75) is 6.54 Å². The zero-order chi connectivity index (χ0) is 14.5. The zero-order valence-corrected chi connectivity index (χ0v) is 12.5. The van der Waals surface area contributed by atoms with Gasteiger partial charge in [0.15, 0.2) is 0 Å². The molecular weight excluding hydrogens is 375 g/mol. The van der Waals surface area contributed by atoms with Crippen molar-refractivity contribution < 1.29 is 9.72 Å². The van der Waals surface area contributed by atoms with Gasteiger partial charge in [-0.1, -0.05) is 0 Å². The van der Waals surface area contributed by atoms with Crippen molar-refractivity contribution in [3.05, 3.63) is 55.9 Å². The first-order valence-corrected chi connectivity index (χ1v) is 6.85. The van der Waals surface area contributed by atoms with Crippen molar-refractivity contribution in [1.82, 2.24) is 15.1 Å². The smallest absolute Gasteiger partial charge is 0.270 e. The van der Waals surface area contributed by atoms with E-state index in [0.717, 1.165) is 0 Å². The third-order valence-electron chi connectivity index (χ3n) is 2.59. The summed E-state index contributed by atoms with van der Waals surface area (Å²) in [6, 6.07) is 6.01. The van der Waals surface area contributed by atoms with Gasteiger partial charge in [0.1, 0.15) is 0 Å². The van der Waals surface area contributed by atoms with Crippen LogP contribution >= 0.6 is 22.6 Å². The highest BCUT2D eigenvalue weighted by Crippen LogP contribution is 2.19. The highest BCUT2D eigenvalue weighted by molar-refractivity contribution is 14.1. The minimum absolute atomic E-state index is 0.0948. The van der Waals surface area contributed by atoms with Crippen molar-refractivity contribution in [1.29, 1.82) is 0 Å². The van der Waals surface area contributed by atoms with Gasteiger partial charge in [-0.3, -0.25) is 19.6 Å². The van der Waals surface area contributed by atoms with E-state index in [-0.39, 0.29) is 11.6 Å². The van der Waals surface area contributed by atoms with E-state index in [4.69, 9.17) is 0 Å². The molecule has 1 heterocycles. The molecule has 104 valence electrons. The van der Waals surface area contributed by atoms with Gasteiger partial charge in [0.25, 0.3) is 11.6 Å². The van der Waals surface area contributed by atoms with Crippen LogP contribution in [0.5, 0.6) is 0 Å². The molecular formula is C12H11IN4O3. The fraction of sp³-hybridized carbons (Fsp3) is 0.167. The van der Waals surface area contributed by atoms with E-state index < -0.39 is 4.92 Å². The average Bonchev–Trinajstić information content (AvgIpc) is 2.92. The summed E-state index contributed by atoms with van der Waals surface area (Å²) in [5, 5.41) is 17.4. The van der Waals surface area contributed by atoms with Crippen molar-refractivity contribution in [2.24, 2.45) is 0 Å². The maximum Gasteiger partial charge on any atom is 0.270 e. The summed E-state index contributed by atoms with van der Waals surface area (Å²) in [5.41, 5.74) is 0.211. The fourth-order valence-electron chi connectivity index (χ4n) is 1.61. The number of amides is 1. The number of nitro benzene ring substituents is 1. The van der Waals surface area contributed by atoms with Gasteiger partial charge >= 0.3 is 0 Å². The molecule has 1 aromatic heterocycles. The molecule has 0 aliphatic carbocycles. The minimum atomic E-state index is -0.517. The summed E-state index contributed by atoms with van der Waals surface area (Å²) < 4.78 is 2.36. The molecule has 1 aromatic carbocycles. The maximum atomic E-state index is 12.0. The molecule has 20 heavy (non-hydrogen) atoms. The third kappa shape index (κ3) is 3.53. The largest absolute Gasteiger partial charge is 0.350 e. The van der Waals surface area contributed by atoms with Crippen LogP contribution in [0.1, 0.15) is 10.4 Å². The molecule has 2 aromatic rings. The van der Waals surface area contributed by atoms with Crippen LogP contribution in [0, 0.1) is 13.7 Å². The average molecular weight is 386 g/mol. The van der Waals surface area contributed by atoms with Gasteiger partial charge in [0, 0.05) is 34.6 Å². The molecule has 0 spiro atoms. The Hall–Kier alpha value is -1.97. The summed E-state index contributed by atoms with van der Waals surface area (Å²) in [6.45, 7) is 0.948. The molecule has 0 aliphatic rings. The Labute approximate surface area is 128 Å². The molecule has 0 fully saturated rings. The van der Waals surface area contributed by atoms with E-state index in [9.17, 15) is 14.9 Å². The van der Waals surface area contributed by atoms with Crippen LogP contribution in [0.25, 0.3) is 0 Å².